The van der Waals surface area contributed by atoms with Gasteiger partial charge in [-0.15, -0.1) is 0 Å². The lowest BCUT2D eigenvalue weighted by molar-refractivity contribution is -0.0397. The zero-order valence-corrected chi connectivity index (χ0v) is 10.5. The average molecular weight is 236 g/mol. The second-order valence-corrected chi connectivity index (χ2v) is 4.34. The third kappa shape index (κ3) is 3.21. The van der Waals surface area contributed by atoms with E-state index in [2.05, 4.69) is 34.2 Å². The standard InChI is InChI=1S/C12H20N4O/c1-3-14-12(10-8-13-4-5-15-10)11-9-16(2)6-7-17-11/h4-5,8,11-12,14H,3,6-7,9H2,1-2H3. The van der Waals surface area contributed by atoms with Crippen molar-refractivity contribution in [1.29, 1.82) is 0 Å². The highest BCUT2D eigenvalue weighted by atomic mass is 16.5. The monoisotopic (exact) mass is 236 g/mol. The molecule has 1 aliphatic rings. The third-order valence-electron chi connectivity index (χ3n) is 2.99. The summed E-state index contributed by atoms with van der Waals surface area (Å²) in [5, 5.41) is 3.44. The molecule has 1 saturated heterocycles. The van der Waals surface area contributed by atoms with Crippen LogP contribution in [0.15, 0.2) is 18.6 Å². The number of hydrogen-bond donors (Lipinski definition) is 1. The topological polar surface area (TPSA) is 50.3 Å². The van der Waals surface area contributed by atoms with E-state index in [-0.39, 0.29) is 12.1 Å². The third-order valence-corrected chi connectivity index (χ3v) is 2.99. The van der Waals surface area contributed by atoms with Crippen molar-refractivity contribution in [1.82, 2.24) is 20.2 Å². The van der Waals surface area contributed by atoms with Crippen molar-refractivity contribution < 1.29 is 4.74 Å². The number of likely N-dealkylation sites (N-methyl/N-ethyl adjacent to an activating group) is 2. The van der Waals surface area contributed by atoms with Crippen molar-refractivity contribution >= 4 is 0 Å². The zero-order valence-electron chi connectivity index (χ0n) is 10.5. The summed E-state index contributed by atoms with van der Waals surface area (Å²) >= 11 is 0. The van der Waals surface area contributed by atoms with Crippen LogP contribution < -0.4 is 5.32 Å². The summed E-state index contributed by atoms with van der Waals surface area (Å²) in [4.78, 5) is 10.8. The lowest BCUT2D eigenvalue weighted by atomic mass is 10.1. The molecule has 1 N–H and O–H groups in total. The molecule has 2 rings (SSSR count). The van der Waals surface area contributed by atoms with Crippen molar-refractivity contribution in [2.75, 3.05) is 33.3 Å². The molecule has 94 valence electrons. The maximum Gasteiger partial charge on any atom is 0.0912 e. The molecule has 2 unspecified atom stereocenters. The van der Waals surface area contributed by atoms with Gasteiger partial charge in [-0.2, -0.15) is 0 Å². The van der Waals surface area contributed by atoms with Crippen LogP contribution in [0.25, 0.3) is 0 Å². The fraction of sp³-hybridized carbons (Fsp3) is 0.667. The maximum atomic E-state index is 5.85. The number of hydrogen-bond acceptors (Lipinski definition) is 5. The molecule has 17 heavy (non-hydrogen) atoms. The minimum absolute atomic E-state index is 0.122. The Bertz CT molecular complexity index is 333. The van der Waals surface area contributed by atoms with Gasteiger partial charge in [0.1, 0.15) is 0 Å². The molecule has 5 nitrogen and oxygen atoms in total. The highest BCUT2D eigenvalue weighted by Gasteiger charge is 2.28. The SMILES string of the molecule is CCNC(c1cnccn1)C1CN(C)CCO1. The number of nitrogens with one attached hydrogen (secondary N) is 1. The first-order valence-electron chi connectivity index (χ1n) is 6.10. The molecule has 2 atom stereocenters. The zero-order chi connectivity index (χ0) is 12.1. The largest absolute Gasteiger partial charge is 0.374 e. The van der Waals surface area contributed by atoms with Gasteiger partial charge in [0.2, 0.25) is 0 Å². The normalized spacial score (nSPS) is 23.5. The van der Waals surface area contributed by atoms with Crippen LogP contribution in [0.5, 0.6) is 0 Å². The highest BCUT2D eigenvalue weighted by Crippen LogP contribution is 2.19. The molecule has 0 radical (unpaired) electrons. The molecule has 0 amide bonds. The van der Waals surface area contributed by atoms with Crippen molar-refractivity contribution in [3.8, 4) is 0 Å². The van der Waals surface area contributed by atoms with Crippen LogP contribution in [0.3, 0.4) is 0 Å². The summed E-state index contributed by atoms with van der Waals surface area (Å²) in [6.45, 7) is 5.69. The molecule has 0 spiro atoms. The quantitative estimate of drug-likeness (QED) is 0.823. The molecule has 0 aromatic carbocycles. The number of aromatic nitrogens is 2. The Morgan fingerprint density at radius 2 is 2.47 bits per heavy atom. The molecule has 0 saturated carbocycles. The molecular formula is C12H20N4O. The van der Waals surface area contributed by atoms with Crippen molar-refractivity contribution in [3.63, 3.8) is 0 Å². The fourth-order valence-corrected chi connectivity index (χ4v) is 2.13. The van der Waals surface area contributed by atoms with Crippen LogP contribution in [0.2, 0.25) is 0 Å². The molecule has 2 heterocycles. The van der Waals surface area contributed by atoms with Crippen LogP contribution in [0, 0.1) is 0 Å². The van der Waals surface area contributed by atoms with Gasteiger partial charge in [-0.05, 0) is 13.6 Å². The summed E-state index contributed by atoms with van der Waals surface area (Å²) in [6, 6.07) is 0.122. The number of ether oxygens (including phenoxy) is 1. The summed E-state index contributed by atoms with van der Waals surface area (Å²) in [5.41, 5.74) is 0.953. The predicted molar refractivity (Wildman–Crippen MR) is 65.7 cm³/mol. The Balaban J connectivity index is 2.11. The van der Waals surface area contributed by atoms with Crippen LogP contribution in [-0.4, -0.2) is 54.3 Å². The fourth-order valence-electron chi connectivity index (χ4n) is 2.13. The van der Waals surface area contributed by atoms with E-state index in [9.17, 15) is 0 Å². The molecule has 5 heteroatoms. The molecule has 0 aliphatic carbocycles. The average Bonchev–Trinajstić information content (AvgIpc) is 2.37. The number of rotatable bonds is 4. The number of nitrogens with zero attached hydrogens (tertiary/aromatic N) is 3. The van der Waals surface area contributed by atoms with E-state index in [0.29, 0.717) is 0 Å². The van der Waals surface area contributed by atoms with Gasteiger partial charge in [0.25, 0.3) is 0 Å². The minimum atomic E-state index is 0.122. The second-order valence-electron chi connectivity index (χ2n) is 4.34. The van der Waals surface area contributed by atoms with Gasteiger partial charge in [-0.25, -0.2) is 0 Å². The van der Waals surface area contributed by atoms with Crippen LogP contribution >= 0.6 is 0 Å². The van der Waals surface area contributed by atoms with Crippen molar-refractivity contribution in [3.05, 3.63) is 24.3 Å². The Labute approximate surface area is 102 Å². The van der Waals surface area contributed by atoms with E-state index in [4.69, 9.17) is 4.74 Å². The predicted octanol–water partition coefficient (Wildman–Crippen LogP) is 0.458. The second kappa shape index (κ2) is 6.05. The Kier molecular flexibility index (Phi) is 4.42. The minimum Gasteiger partial charge on any atom is -0.374 e. The van der Waals surface area contributed by atoms with Gasteiger partial charge in [0.15, 0.2) is 0 Å². The van der Waals surface area contributed by atoms with Gasteiger partial charge in [0, 0.05) is 25.5 Å². The lowest BCUT2D eigenvalue weighted by Crippen LogP contribution is -2.47. The molecule has 1 aromatic heterocycles. The molecule has 1 fully saturated rings. The van der Waals surface area contributed by atoms with Gasteiger partial charge in [0.05, 0.1) is 30.6 Å². The Morgan fingerprint density at radius 1 is 1.59 bits per heavy atom. The summed E-state index contributed by atoms with van der Waals surface area (Å²) in [6.07, 6.45) is 5.38. The van der Waals surface area contributed by atoms with E-state index in [1.807, 2.05) is 6.20 Å². The maximum absolute atomic E-state index is 5.85. The Morgan fingerprint density at radius 3 is 3.12 bits per heavy atom. The van der Waals surface area contributed by atoms with E-state index in [1.165, 1.54) is 0 Å². The van der Waals surface area contributed by atoms with Gasteiger partial charge < -0.3 is 15.0 Å². The molecule has 0 bridgehead atoms. The van der Waals surface area contributed by atoms with Gasteiger partial charge in [-0.3, -0.25) is 9.97 Å². The summed E-state index contributed by atoms with van der Waals surface area (Å²) in [5.74, 6) is 0. The number of morpholine rings is 1. The van der Waals surface area contributed by atoms with Gasteiger partial charge >= 0.3 is 0 Å². The van der Waals surface area contributed by atoms with E-state index in [1.54, 1.807) is 12.4 Å². The highest BCUT2D eigenvalue weighted by molar-refractivity contribution is 5.06. The first-order chi connectivity index (χ1) is 8.31. The van der Waals surface area contributed by atoms with E-state index in [0.717, 1.165) is 31.9 Å². The smallest absolute Gasteiger partial charge is 0.0912 e. The molecule has 1 aromatic rings. The van der Waals surface area contributed by atoms with Crippen LogP contribution in [-0.2, 0) is 4.74 Å². The molecule has 1 aliphatic heterocycles. The first kappa shape index (κ1) is 12.4. The summed E-state index contributed by atoms with van der Waals surface area (Å²) < 4.78 is 5.85. The van der Waals surface area contributed by atoms with E-state index >= 15 is 0 Å². The first-order valence-corrected chi connectivity index (χ1v) is 6.10. The molecular weight excluding hydrogens is 216 g/mol. The lowest BCUT2D eigenvalue weighted by Gasteiger charge is -2.35. The van der Waals surface area contributed by atoms with Crippen LogP contribution in [0.1, 0.15) is 18.7 Å². The van der Waals surface area contributed by atoms with Crippen LogP contribution in [0.4, 0.5) is 0 Å². The Hall–Kier alpha value is -1.04. The van der Waals surface area contributed by atoms with E-state index < -0.39 is 0 Å². The van der Waals surface area contributed by atoms with Gasteiger partial charge in [-0.1, -0.05) is 6.92 Å². The summed E-state index contributed by atoms with van der Waals surface area (Å²) in [7, 11) is 2.12. The van der Waals surface area contributed by atoms with Crippen molar-refractivity contribution in [2.24, 2.45) is 0 Å². The van der Waals surface area contributed by atoms with Crippen molar-refractivity contribution in [2.45, 2.75) is 19.1 Å².